The van der Waals surface area contributed by atoms with Crippen LogP contribution in [0.1, 0.15) is 44.9 Å². The van der Waals surface area contributed by atoms with Crippen LogP contribution in [0, 0.1) is 11.8 Å². The van der Waals surface area contributed by atoms with Crippen LogP contribution in [0.3, 0.4) is 0 Å². The summed E-state index contributed by atoms with van der Waals surface area (Å²) < 4.78 is 4.77. The van der Waals surface area contributed by atoms with Crippen molar-refractivity contribution < 1.29 is 19.1 Å². The second-order valence-corrected chi connectivity index (χ2v) is 7.28. The average Bonchev–Trinajstić information content (AvgIpc) is 3.42. The van der Waals surface area contributed by atoms with Gasteiger partial charge < -0.3 is 21.1 Å². The SMILES string of the molecule is COC(=O)[C@H](C[C@@H]1CC2(CC2)NC1=O)NC(=O)[C@@H](N)CC1CC1. The first kappa shape index (κ1) is 16.2. The third-order valence-corrected chi connectivity index (χ3v) is 5.19. The van der Waals surface area contributed by atoms with E-state index < -0.39 is 18.1 Å². The summed E-state index contributed by atoms with van der Waals surface area (Å²) in [5, 5.41) is 5.68. The van der Waals surface area contributed by atoms with Gasteiger partial charge in [0.2, 0.25) is 11.8 Å². The number of rotatable bonds is 7. The molecule has 128 valence electrons. The fraction of sp³-hybridized carbons (Fsp3) is 0.812. The molecule has 2 saturated carbocycles. The second-order valence-electron chi connectivity index (χ2n) is 7.28. The molecule has 0 bridgehead atoms. The number of methoxy groups -OCH3 is 1. The highest BCUT2D eigenvalue weighted by molar-refractivity contribution is 5.88. The smallest absolute Gasteiger partial charge is 0.328 e. The Morgan fingerprint density at radius 3 is 2.61 bits per heavy atom. The van der Waals surface area contributed by atoms with Crippen molar-refractivity contribution in [3.63, 3.8) is 0 Å². The zero-order chi connectivity index (χ0) is 16.6. The maximum atomic E-state index is 12.2. The highest BCUT2D eigenvalue weighted by atomic mass is 16.5. The maximum Gasteiger partial charge on any atom is 0.328 e. The molecule has 4 N–H and O–H groups in total. The van der Waals surface area contributed by atoms with Gasteiger partial charge >= 0.3 is 5.97 Å². The summed E-state index contributed by atoms with van der Waals surface area (Å²) in [5.74, 6) is -0.634. The molecule has 2 amide bonds. The third kappa shape index (κ3) is 3.83. The number of hydrogen-bond donors (Lipinski definition) is 3. The Labute approximate surface area is 135 Å². The fourth-order valence-electron chi connectivity index (χ4n) is 3.39. The van der Waals surface area contributed by atoms with Crippen molar-refractivity contribution in [2.24, 2.45) is 17.6 Å². The highest BCUT2D eigenvalue weighted by Gasteiger charge is 2.52. The molecule has 23 heavy (non-hydrogen) atoms. The Bertz CT molecular complexity index is 513. The van der Waals surface area contributed by atoms with Crippen molar-refractivity contribution in [3.8, 4) is 0 Å². The van der Waals surface area contributed by atoms with Crippen molar-refractivity contribution in [2.75, 3.05) is 7.11 Å². The third-order valence-electron chi connectivity index (χ3n) is 5.19. The Morgan fingerprint density at radius 1 is 1.39 bits per heavy atom. The molecule has 0 unspecified atom stereocenters. The van der Waals surface area contributed by atoms with E-state index >= 15 is 0 Å². The van der Waals surface area contributed by atoms with Gasteiger partial charge in [0, 0.05) is 11.5 Å². The van der Waals surface area contributed by atoms with Gasteiger partial charge in [-0.15, -0.1) is 0 Å². The molecule has 2 aliphatic carbocycles. The Kier molecular flexibility index (Phi) is 4.31. The van der Waals surface area contributed by atoms with Crippen LogP contribution >= 0.6 is 0 Å². The lowest BCUT2D eigenvalue weighted by molar-refractivity contribution is -0.146. The van der Waals surface area contributed by atoms with Crippen molar-refractivity contribution in [1.82, 2.24) is 10.6 Å². The lowest BCUT2D eigenvalue weighted by Crippen LogP contribution is -2.49. The minimum Gasteiger partial charge on any atom is -0.467 e. The van der Waals surface area contributed by atoms with Gasteiger partial charge in [0.25, 0.3) is 0 Å². The van der Waals surface area contributed by atoms with Crippen LogP contribution in [0.25, 0.3) is 0 Å². The number of nitrogens with two attached hydrogens (primary N) is 1. The normalized spacial score (nSPS) is 27.2. The van der Waals surface area contributed by atoms with E-state index in [-0.39, 0.29) is 29.7 Å². The van der Waals surface area contributed by atoms with E-state index in [1.165, 1.54) is 7.11 Å². The number of ether oxygens (including phenoxy) is 1. The zero-order valence-corrected chi connectivity index (χ0v) is 13.5. The van der Waals surface area contributed by atoms with Crippen molar-refractivity contribution >= 4 is 17.8 Å². The van der Waals surface area contributed by atoms with Gasteiger partial charge in [-0.2, -0.15) is 0 Å². The number of amides is 2. The van der Waals surface area contributed by atoms with E-state index in [1.54, 1.807) is 0 Å². The van der Waals surface area contributed by atoms with E-state index in [4.69, 9.17) is 10.5 Å². The van der Waals surface area contributed by atoms with Crippen LogP contribution in [-0.2, 0) is 19.1 Å². The lowest BCUT2D eigenvalue weighted by Gasteiger charge is -2.21. The first-order valence-corrected chi connectivity index (χ1v) is 8.38. The minimum atomic E-state index is -0.817. The van der Waals surface area contributed by atoms with Gasteiger partial charge in [-0.05, 0) is 38.0 Å². The van der Waals surface area contributed by atoms with Crippen molar-refractivity contribution in [3.05, 3.63) is 0 Å². The monoisotopic (exact) mass is 323 g/mol. The second kappa shape index (κ2) is 6.11. The van der Waals surface area contributed by atoms with Gasteiger partial charge in [0.15, 0.2) is 0 Å². The molecule has 1 aliphatic heterocycles. The molecular formula is C16H25N3O4. The van der Waals surface area contributed by atoms with E-state index in [0.29, 0.717) is 12.3 Å². The van der Waals surface area contributed by atoms with Crippen LogP contribution in [0.5, 0.6) is 0 Å². The standard InChI is InChI=1S/C16H25N3O4/c1-23-15(22)12(18-14(21)11(17)6-9-2-3-9)7-10-8-16(4-5-16)19-13(10)20/h9-12H,2-8,17H2,1H3,(H,18,21)(H,19,20)/t10-,11+,12+/m1/s1. The lowest BCUT2D eigenvalue weighted by atomic mass is 9.95. The van der Waals surface area contributed by atoms with Crippen LogP contribution in [0.15, 0.2) is 0 Å². The van der Waals surface area contributed by atoms with Crippen LogP contribution in [0.4, 0.5) is 0 Å². The molecular weight excluding hydrogens is 298 g/mol. The molecule has 1 saturated heterocycles. The van der Waals surface area contributed by atoms with Gasteiger partial charge in [-0.1, -0.05) is 12.8 Å². The zero-order valence-electron chi connectivity index (χ0n) is 13.5. The molecule has 0 radical (unpaired) electrons. The Morgan fingerprint density at radius 2 is 2.09 bits per heavy atom. The highest BCUT2D eigenvalue weighted by Crippen LogP contribution is 2.46. The summed E-state index contributed by atoms with van der Waals surface area (Å²) in [6.07, 6.45) is 5.86. The number of nitrogens with one attached hydrogen (secondary N) is 2. The average molecular weight is 323 g/mol. The first-order valence-electron chi connectivity index (χ1n) is 8.38. The maximum absolute atomic E-state index is 12.2. The van der Waals surface area contributed by atoms with Crippen LogP contribution < -0.4 is 16.4 Å². The number of esters is 1. The van der Waals surface area contributed by atoms with E-state index in [1.807, 2.05) is 0 Å². The molecule has 3 rings (SSSR count). The summed E-state index contributed by atoms with van der Waals surface area (Å²) in [4.78, 5) is 36.2. The van der Waals surface area contributed by atoms with Gasteiger partial charge in [0.1, 0.15) is 6.04 Å². The predicted molar refractivity (Wildman–Crippen MR) is 82.1 cm³/mol. The van der Waals surface area contributed by atoms with Gasteiger partial charge in [-0.25, -0.2) is 4.79 Å². The summed E-state index contributed by atoms with van der Waals surface area (Å²) in [6, 6.07) is -1.43. The van der Waals surface area contributed by atoms with Crippen LogP contribution in [0.2, 0.25) is 0 Å². The molecule has 7 heteroatoms. The molecule has 7 nitrogen and oxygen atoms in total. The summed E-state index contributed by atoms with van der Waals surface area (Å²) in [5.41, 5.74) is 5.85. The van der Waals surface area contributed by atoms with Crippen LogP contribution in [-0.4, -0.2) is 42.5 Å². The minimum absolute atomic E-state index is 0.0343. The largest absolute Gasteiger partial charge is 0.467 e. The fourth-order valence-corrected chi connectivity index (χ4v) is 3.39. The molecule has 3 atom stereocenters. The first-order chi connectivity index (χ1) is 10.9. The van der Waals surface area contributed by atoms with E-state index in [2.05, 4.69) is 10.6 Å². The van der Waals surface area contributed by atoms with E-state index in [0.717, 1.165) is 32.1 Å². The topological polar surface area (TPSA) is 111 Å². The molecule has 3 fully saturated rings. The molecule has 1 spiro atoms. The number of carbonyl (C=O) groups excluding carboxylic acids is 3. The molecule has 0 aromatic carbocycles. The van der Waals surface area contributed by atoms with E-state index in [9.17, 15) is 14.4 Å². The Hall–Kier alpha value is -1.63. The van der Waals surface area contributed by atoms with Crippen molar-refractivity contribution in [2.45, 2.75) is 62.6 Å². The molecule has 0 aromatic rings. The van der Waals surface area contributed by atoms with Gasteiger partial charge in [-0.3, -0.25) is 9.59 Å². The van der Waals surface area contributed by atoms with Gasteiger partial charge in [0.05, 0.1) is 13.2 Å². The Balaban J connectivity index is 1.57. The number of carbonyl (C=O) groups is 3. The summed E-state index contributed by atoms with van der Waals surface area (Å²) in [6.45, 7) is 0. The molecule has 0 aromatic heterocycles. The molecule has 3 aliphatic rings. The number of hydrogen-bond acceptors (Lipinski definition) is 5. The summed E-state index contributed by atoms with van der Waals surface area (Å²) >= 11 is 0. The summed E-state index contributed by atoms with van der Waals surface area (Å²) in [7, 11) is 1.28. The van der Waals surface area contributed by atoms with Crippen molar-refractivity contribution in [1.29, 1.82) is 0 Å². The quantitative estimate of drug-likeness (QED) is 0.563. The molecule has 1 heterocycles. The predicted octanol–water partition coefficient (Wildman–Crippen LogP) is -0.170.